The first-order valence-corrected chi connectivity index (χ1v) is 6.70. The summed E-state index contributed by atoms with van der Waals surface area (Å²) in [6, 6.07) is 10.4. The largest absolute Gasteiger partial charge is 0.299 e. The van der Waals surface area contributed by atoms with Gasteiger partial charge < -0.3 is 0 Å². The van der Waals surface area contributed by atoms with Crippen LogP contribution in [-0.4, -0.2) is 5.78 Å². The second kappa shape index (κ2) is 5.03. The van der Waals surface area contributed by atoms with Crippen LogP contribution >= 0.6 is 0 Å². The van der Waals surface area contributed by atoms with E-state index in [2.05, 4.69) is 38.1 Å². The van der Waals surface area contributed by atoms with Gasteiger partial charge in [-0.3, -0.25) is 4.79 Å². The molecule has 0 amide bonds. The normalized spacial score (nSPS) is 30.0. The molecular weight excluding hydrogens is 208 g/mol. The molecule has 0 unspecified atom stereocenters. The van der Waals surface area contributed by atoms with Gasteiger partial charge in [0.05, 0.1) is 0 Å². The van der Waals surface area contributed by atoms with Crippen molar-refractivity contribution < 1.29 is 4.79 Å². The molecule has 2 rings (SSSR count). The van der Waals surface area contributed by atoms with Crippen LogP contribution < -0.4 is 0 Å². The van der Waals surface area contributed by atoms with Gasteiger partial charge in [-0.25, -0.2) is 0 Å². The first-order chi connectivity index (χ1) is 8.12. The summed E-state index contributed by atoms with van der Waals surface area (Å²) in [6.07, 6.45) is 5.42. The Labute approximate surface area is 104 Å². The fourth-order valence-corrected chi connectivity index (χ4v) is 3.04. The Balaban J connectivity index is 2.19. The van der Waals surface area contributed by atoms with Gasteiger partial charge in [-0.05, 0) is 24.8 Å². The summed E-state index contributed by atoms with van der Waals surface area (Å²) in [5.74, 6) is 0.713. The van der Waals surface area contributed by atoms with Crippen LogP contribution in [-0.2, 0) is 11.2 Å². The first-order valence-electron chi connectivity index (χ1n) is 6.70. The molecule has 0 aromatic heterocycles. The molecule has 0 radical (unpaired) electrons. The minimum atomic E-state index is -0.142. The van der Waals surface area contributed by atoms with Gasteiger partial charge in [0.15, 0.2) is 0 Å². The zero-order chi connectivity index (χ0) is 12.3. The van der Waals surface area contributed by atoms with E-state index in [0.717, 1.165) is 19.3 Å². The highest BCUT2D eigenvalue weighted by Crippen LogP contribution is 2.37. The summed E-state index contributed by atoms with van der Waals surface area (Å²) in [5, 5.41) is 0. The fraction of sp³-hybridized carbons (Fsp3) is 0.562. The second-order valence-electron chi connectivity index (χ2n) is 5.73. The van der Waals surface area contributed by atoms with Crippen molar-refractivity contribution in [2.24, 2.45) is 11.3 Å². The molecule has 92 valence electrons. The minimum Gasteiger partial charge on any atom is -0.299 e. The summed E-state index contributed by atoms with van der Waals surface area (Å²) in [7, 11) is 0. The molecule has 1 nitrogen and oxygen atoms in total. The molecule has 0 bridgehead atoms. The topological polar surface area (TPSA) is 17.1 Å². The Morgan fingerprint density at radius 3 is 2.65 bits per heavy atom. The molecular formula is C16H22O. The van der Waals surface area contributed by atoms with Crippen LogP contribution in [0, 0.1) is 11.3 Å². The van der Waals surface area contributed by atoms with Crippen molar-refractivity contribution >= 4 is 5.78 Å². The van der Waals surface area contributed by atoms with E-state index in [4.69, 9.17) is 0 Å². The van der Waals surface area contributed by atoms with Gasteiger partial charge in [0.1, 0.15) is 5.78 Å². The third-order valence-electron chi connectivity index (χ3n) is 4.10. The zero-order valence-corrected chi connectivity index (χ0v) is 10.9. The molecule has 2 atom stereocenters. The fourth-order valence-electron chi connectivity index (χ4n) is 3.04. The number of carbonyl (C=O) groups excluding carboxylic acids is 1. The van der Waals surface area contributed by atoms with Crippen molar-refractivity contribution in [2.45, 2.75) is 46.0 Å². The lowest BCUT2D eigenvalue weighted by Gasteiger charge is -2.28. The van der Waals surface area contributed by atoms with Crippen LogP contribution in [0.1, 0.15) is 45.1 Å². The van der Waals surface area contributed by atoms with Crippen molar-refractivity contribution in [3.8, 4) is 0 Å². The lowest BCUT2D eigenvalue weighted by molar-refractivity contribution is -0.131. The third kappa shape index (κ3) is 2.77. The third-order valence-corrected chi connectivity index (χ3v) is 4.10. The molecule has 1 aliphatic rings. The van der Waals surface area contributed by atoms with Crippen LogP contribution in [0.25, 0.3) is 0 Å². The number of hydrogen-bond acceptors (Lipinski definition) is 1. The molecule has 1 saturated carbocycles. The van der Waals surface area contributed by atoms with Crippen LogP contribution in [0.4, 0.5) is 0 Å². The molecule has 1 aromatic rings. The van der Waals surface area contributed by atoms with Gasteiger partial charge in [0, 0.05) is 11.3 Å². The summed E-state index contributed by atoms with van der Waals surface area (Å²) in [6.45, 7) is 4.25. The molecule has 0 spiro atoms. The number of carbonyl (C=O) groups is 1. The maximum absolute atomic E-state index is 12.5. The highest BCUT2D eigenvalue weighted by atomic mass is 16.1. The Morgan fingerprint density at radius 1 is 1.24 bits per heavy atom. The number of ketones is 1. The molecule has 0 aliphatic heterocycles. The van der Waals surface area contributed by atoms with Crippen molar-refractivity contribution in [2.75, 3.05) is 0 Å². The van der Waals surface area contributed by atoms with E-state index in [0.29, 0.717) is 5.78 Å². The van der Waals surface area contributed by atoms with Gasteiger partial charge in [-0.2, -0.15) is 0 Å². The van der Waals surface area contributed by atoms with Crippen molar-refractivity contribution in [3.05, 3.63) is 35.9 Å². The predicted octanol–water partition coefficient (Wildman–Crippen LogP) is 4.01. The van der Waals surface area contributed by atoms with E-state index < -0.39 is 0 Å². The van der Waals surface area contributed by atoms with Crippen molar-refractivity contribution in [1.82, 2.24) is 0 Å². The minimum absolute atomic E-state index is 0.142. The SMILES string of the molecule is C[C@@H]1CCCC[C@@](C)(Cc2ccccc2)C1=O. The van der Waals surface area contributed by atoms with E-state index >= 15 is 0 Å². The van der Waals surface area contributed by atoms with E-state index in [1.54, 1.807) is 0 Å². The first kappa shape index (κ1) is 12.3. The number of Topliss-reactive ketones (excluding diaryl/α,β-unsaturated/α-hetero) is 1. The second-order valence-corrected chi connectivity index (χ2v) is 5.73. The van der Waals surface area contributed by atoms with Gasteiger partial charge in [0.2, 0.25) is 0 Å². The maximum Gasteiger partial charge on any atom is 0.141 e. The molecule has 17 heavy (non-hydrogen) atoms. The monoisotopic (exact) mass is 230 g/mol. The summed E-state index contributed by atoms with van der Waals surface area (Å²) < 4.78 is 0. The summed E-state index contributed by atoms with van der Waals surface area (Å²) in [4.78, 5) is 12.5. The van der Waals surface area contributed by atoms with E-state index in [1.807, 2.05) is 6.07 Å². The standard InChI is InChI=1S/C16H22O/c1-13-8-6-7-11-16(2,15(13)17)12-14-9-4-3-5-10-14/h3-5,9-10,13H,6-8,11-12H2,1-2H3/t13-,16+/m1/s1. The number of hydrogen-bond donors (Lipinski definition) is 0. The van der Waals surface area contributed by atoms with Gasteiger partial charge in [0.25, 0.3) is 0 Å². The molecule has 1 heteroatoms. The van der Waals surface area contributed by atoms with E-state index in [1.165, 1.54) is 18.4 Å². The molecule has 1 fully saturated rings. The average Bonchev–Trinajstić information content (AvgIpc) is 2.45. The van der Waals surface area contributed by atoms with E-state index in [9.17, 15) is 4.79 Å². The van der Waals surface area contributed by atoms with Crippen LogP contribution in [0.5, 0.6) is 0 Å². The predicted molar refractivity (Wildman–Crippen MR) is 70.9 cm³/mol. The van der Waals surface area contributed by atoms with E-state index in [-0.39, 0.29) is 11.3 Å². The number of benzene rings is 1. The highest BCUT2D eigenvalue weighted by Gasteiger charge is 2.37. The summed E-state index contributed by atoms with van der Waals surface area (Å²) >= 11 is 0. The molecule has 0 heterocycles. The molecule has 0 N–H and O–H groups in total. The van der Waals surface area contributed by atoms with Gasteiger partial charge >= 0.3 is 0 Å². The van der Waals surface area contributed by atoms with Crippen LogP contribution in [0.3, 0.4) is 0 Å². The molecule has 1 aromatic carbocycles. The maximum atomic E-state index is 12.5. The summed E-state index contributed by atoms with van der Waals surface area (Å²) in [5.41, 5.74) is 1.15. The molecule has 0 saturated heterocycles. The van der Waals surface area contributed by atoms with Gasteiger partial charge in [-0.15, -0.1) is 0 Å². The lowest BCUT2D eigenvalue weighted by Crippen LogP contribution is -2.33. The number of rotatable bonds is 2. The van der Waals surface area contributed by atoms with Crippen LogP contribution in [0.15, 0.2) is 30.3 Å². The lowest BCUT2D eigenvalue weighted by atomic mass is 9.74. The Hall–Kier alpha value is -1.11. The Morgan fingerprint density at radius 2 is 1.94 bits per heavy atom. The van der Waals surface area contributed by atoms with Gasteiger partial charge in [-0.1, -0.05) is 57.0 Å². The van der Waals surface area contributed by atoms with Crippen molar-refractivity contribution in [1.29, 1.82) is 0 Å². The van der Waals surface area contributed by atoms with Crippen LogP contribution in [0.2, 0.25) is 0 Å². The molecule has 1 aliphatic carbocycles. The zero-order valence-electron chi connectivity index (χ0n) is 10.9. The quantitative estimate of drug-likeness (QED) is 0.701. The average molecular weight is 230 g/mol. The highest BCUT2D eigenvalue weighted by molar-refractivity contribution is 5.86. The van der Waals surface area contributed by atoms with Crippen molar-refractivity contribution in [3.63, 3.8) is 0 Å². The Kier molecular flexibility index (Phi) is 3.66. The Bertz CT molecular complexity index is 382. The smallest absolute Gasteiger partial charge is 0.141 e.